The third-order valence-corrected chi connectivity index (χ3v) is 6.52. The summed E-state index contributed by atoms with van der Waals surface area (Å²) in [6, 6.07) is 14.6. The molecule has 0 atom stereocenters. The normalized spacial score (nSPS) is 16.6. The van der Waals surface area contributed by atoms with Gasteiger partial charge in [-0.25, -0.2) is 4.98 Å². The van der Waals surface area contributed by atoms with Gasteiger partial charge in [0.25, 0.3) is 0 Å². The molecule has 5 heteroatoms. The fraction of sp³-hybridized carbons (Fsp3) is 0.350. The molecule has 3 nitrogen and oxygen atoms in total. The summed E-state index contributed by atoms with van der Waals surface area (Å²) in [5.74, 6) is 0.490. The second kappa shape index (κ2) is 7.42. The Kier molecular flexibility index (Phi) is 5.04. The van der Waals surface area contributed by atoms with Crippen LogP contribution in [-0.4, -0.2) is 34.7 Å². The lowest BCUT2D eigenvalue weighted by Crippen LogP contribution is -2.34. The molecule has 2 aromatic carbocycles. The fourth-order valence-corrected chi connectivity index (χ4v) is 4.64. The second-order valence-electron chi connectivity index (χ2n) is 6.71. The minimum absolute atomic E-state index is 0.328. The van der Waals surface area contributed by atoms with Gasteiger partial charge in [-0.1, -0.05) is 41.9 Å². The number of likely N-dealkylation sites (tertiary alicyclic amines) is 1. The molecule has 1 aliphatic rings. The Morgan fingerprint density at radius 2 is 1.88 bits per heavy atom. The average molecular weight is 373 g/mol. The number of aliphatic hydroxyl groups excluding tert-OH is 1. The lowest BCUT2D eigenvalue weighted by atomic mass is 9.97. The van der Waals surface area contributed by atoms with Crippen molar-refractivity contribution in [3.63, 3.8) is 0 Å². The van der Waals surface area contributed by atoms with Crippen LogP contribution in [0.3, 0.4) is 0 Å². The number of aromatic nitrogens is 1. The van der Waals surface area contributed by atoms with Gasteiger partial charge in [-0.2, -0.15) is 0 Å². The molecule has 0 radical (unpaired) electrons. The minimum atomic E-state index is 0.328. The van der Waals surface area contributed by atoms with Crippen molar-refractivity contribution in [2.45, 2.75) is 19.4 Å². The molecule has 4 rings (SSSR count). The van der Waals surface area contributed by atoms with Crippen molar-refractivity contribution in [3.8, 4) is 10.6 Å². The number of nitrogens with zero attached hydrogens (tertiary/aromatic N) is 2. The number of piperidine rings is 1. The topological polar surface area (TPSA) is 36.4 Å². The number of hydrogen-bond donors (Lipinski definition) is 1. The molecule has 2 heterocycles. The molecule has 3 aromatic rings. The molecule has 0 bridgehead atoms. The summed E-state index contributed by atoms with van der Waals surface area (Å²) >= 11 is 7.91. The summed E-state index contributed by atoms with van der Waals surface area (Å²) in [5.41, 5.74) is 3.42. The molecular weight excluding hydrogens is 352 g/mol. The van der Waals surface area contributed by atoms with Crippen LogP contribution >= 0.6 is 22.9 Å². The first-order valence-corrected chi connectivity index (χ1v) is 9.90. The molecule has 1 fully saturated rings. The Balaban J connectivity index is 1.47. The maximum absolute atomic E-state index is 9.24. The van der Waals surface area contributed by atoms with Crippen LogP contribution < -0.4 is 0 Å². The zero-order valence-corrected chi connectivity index (χ0v) is 15.6. The van der Waals surface area contributed by atoms with Crippen LogP contribution in [0, 0.1) is 5.92 Å². The van der Waals surface area contributed by atoms with Crippen molar-refractivity contribution < 1.29 is 5.11 Å². The molecule has 130 valence electrons. The van der Waals surface area contributed by atoms with Crippen LogP contribution in [0.25, 0.3) is 20.8 Å². The summed E-state index contributed by atoms with van der Waals surface area (Å²) in [6.07, 6.45) is 2.20. The Bertz CT molecular complexity index is 854. The van der Waals surface area contributed by atoms with Crippen LogP contribution in [0.2, 0.25) is 5.02 Å². The van der Waals surface area contributed by atoms with E-state index < -0.39 is 0 Å². The molecule has 1 aliphatic heterocycles. The van der Waals surface area contributed by atoms with Crippen LogP contribution in [-0.2, 0) is 6.54 Å². The van der Waals surface area contributed by atoms with E-state index in [1.807, 2.05) is 18.2 Å². The second-order valence-corrected chi connectivity index (χ2v) is 8.11. The van der Waals surface area contributed by atoms with Crippen molar-refractivity contribution >= 4 is 33.2 Å². The number of thiazole rings is 1. The highest BCUT2D eigenvalue weighted by molar-refractivity contribution is 7.22. The molecular formula is C20H21ClN2OS. The van der Waals surface area contributed by atoms with Gasteiger partial charge >= 0.3 is 0 Å². The Morgan fingerprint density at radius 3 is 2.56 bits per heavy atom. The molecule has 0 amide bonds. The first-order chi connectivity index (χ1) is 12.2. The van der Waals surface area contributed by atoms with E-state index in [0.29, 0.717) is 12.5 Å². The largest absolute Gasteiger partial charge is 0.396 e. The molecule has 1 aromatic heterocycles. The fourth-order valence-electron chi connectivity index (χ4n) is 3.38. The maximum atomic E-state index is 9.24. The van der Waals surface area contributed by atoms with Gasteiger partial charge in [-0.05, 0) is 49.5 Å². The standard InChI is InChI=1S/C20H21ClN2OS/c21-17-2-1-3-18-19(17)25-20(22-18)16-6-4-14(5-7-16)12-23-10-8-15(13-24)9-11-23/h1-7,15,24H,8-13H2. The number of hydrogen-bond acceptors (Lipinski definition) is 4. The van der Waals surface area contributed by atoms with E-state index >= 15 is 0 Å². The minimum Gasteiger partial charge on any atom is -0.396 e. The van der Waals surface area contributed by atoms with E-state index in [-0.39, 0.29) is 0 Å². The molecule has 0 aliphatic carbocycles. The van der Waals surface area contributed by atoms with E-state index in [9.17, 15) is 5.11 Å². The molecule has 0 unspecified atom stereocenters. The Morgan fingerprint density at radius 1 is 1.12 bits per heavy atom. The molecule has 0 spiro atoms. The predicted molar refractivity (Wildman–Crippen MR) is 105 cm³/mol. The molecule has 1 N–H and O–H groups in total. The van der Waals surface area contributed by atoms with Crippen LogP contribution in [0.4, 0.5) is 0 Å². The van der Waals surface area contributed by atoms with Crippen molar-refractivity contribution in [1.82, 2.24) is 9.88 Å². The van der Waals surface area contributed by atoms with Gasteiger partial charge in [-0.3, -0.25) is 4.90 Å². The van der Waals surface area contributed by atoms with Gasteiger partial charge in [0.15, 0.2) is 0 Å². The third kappa shape index (κ3) is 3.72. The van der Waals surface area contributed by atoms with Gasteiger partial charge in [0.2, 0.25) is 0 Å². The third-order valence-electron chi connectivity index (χ3n) is 4.94. The van der Waals surface area contributed by atoms with Crippen LogP contribution in [0.15, 0.2) is 42.5 Å². The zero-order chi connectivity index (χ0) is 17.2. The van der Waals surface area contributed by atoms with E-state index in [2.05, 4.69) is 29.2 Å². The SMILES string of the molecule is OCC1CCN(Cc2ccc(-c3nc4cccc(Cl)c4s3)cc2)CC1. The van der Waals surface area contributed by atoms with E-state index in [4.69, 9.17) is 16.6 Å². The highest BCUT2D eigenvalue weighted by Crippen LogP contribution is 2.34. The van der Waals surface area contributed by atoms with E-state index in [1.54, 1.807) is 11.3 Å². The van der Waals surface area contributed by atoms with Gasteiger partial charge in [0.1, 0.15) is 5.01 Å². The van der Waals surface area contributed by atoms with Crippen molar-refractivity contribution in [2.75, 3.05) is 19.7 Å². The zero-order valence-electron chi connectivity index (χ0n) is 14.0. The molecule has 1 saturated heterocycles. The lowest BCUT2D eigenvalue weighted by Gasteiger charge is -2.31. The van der Waals surface area contributed by atoms with Crippen LogP contribution in [0.1, 0.15) is 18.4 Å². The highest BCUT2D eigenvalue weighted by atomic mass is 35.5. The summed E-state index contributed by atoms with van der Waals surface area (Å²) in [7, 11) is 0. The average Bonchev–Trinajstić information content (AvgIpc) is 3.09. The number of aliphatic hydroxyl groups is 1. The molecule has 25 heavy (non-hydrogen) atoms. The molecule has 0 saturated carbocycles. The quantitative estimate of drug-likeness (QED) is 0.713. The first-order valence-electron chi connectivity index (χ1n) is 8.70. The number of fused-ring (bicyclic) bond motifs is 1. The monoisotopic (exact) mass is 372 g/mol. The van der Waals surface area contributed by atoms with Crippen molar-refractivity contribution in [3.05, 3.63) is 53.1 Å². The predicted octanol–water partition coefficient (Wildman–Crippen LogP) is 4.82. The van der Waals surface area contributed by atoms with Gasteiger partial charge < -0.3 is 5.11 Å². The Labute approximate surface area is 156 Å². The lowest BCUT2D eigenvalue weighted by molar-refractivity contribution is 0.127. The van der Waals surface area contributed by atoms with Crippen molar-refractivity contribution in [2.24, 2.45) is 5.92 Å². The summed E-state index contributed by atoms with van der Waals surface area (Å²) < 4.78 is 1.05. The number of benzene rings is 2. The smallest absolute Gasteiger partial charge is 0.124 e. The summed E-state index contributed by atoms with van der Waals surface area (Å²) in [6.45, 7) is 3.45. The Hall–Kier alpha value is -1.46. The van der Waals surface area contributed by atoms with E-state index in [0.717, 1.165) is 58.3 Å². The van der Waals surface area contributed by atoms with Gasteiger partial charge in [0, 0.05) is 18.7 Å². The number of rotatable bonds is 4. The summed E-state index contributed by atoms with van der Waals surface area (Å²) in [5, 5.41) is 11.0. The number of halogens is 1. The van der Waals surface area contributed by atoms with E-state index in [1.165, 1.54) is 5.56 Å². The highest BCUT2D eigenvalue weighted by Gasteiger charge is 2.18. The van der Waals surface area contributed by atoms with Crippen LogP contribution in [0.5, 0.6) is 0 Å². The summed E-state index contributed by atoms with van der Waals surface area (Å²) in [4.78, 5) is 7.18. The van der Waals surface area contributed by atoms with Gasteiger partial charge in [0.05, 0.1) is 15.2 Å². The van der Waals surface area contributed by atoms with Gasteiger partial charge in [-0.15, -0.1) is 11.3 Å². The van der Waals surface area contributed by atoms with Crippen molar-refractivity contribution in [1.29, 1.82) is 0 Å². The first kappa shape index (κ1) is 17.0. The maximum Gasteiger partial charge on any atom is 0.124 e.